The Balaban J connectivity index is 1.68. The molecule has 0 radical (unpaired) electrons. The van der Waals surface area contributed by atoms with Gasteiger partial charge in [-0.05, 0) is 86.7 Å². The summed E-state index contributed by atoms with van der Waals surface area (Å²) < 4.78 is 0.379. The van der Waals surface area contributed by atoms with E-state index in [1.165, 1.54) is 64.2 Å². The average Bonchev–Trinajstić information content (AvgIpc) is 2.91. The van der Waals surface area contributed by atoms with E-state index in [0.717, 1.165) is 23.5 Å². The summed E-state index contributed by atoms with van der Waals surface area (Å²) in [5.74, 6) is 3.72. The fourth-order valence-corrected chi connectivity index (χ4v) is 8.60. The number of alkyl halides is 1. The average molecular weight is 397 g/mol. The number of fused-ring (bicyclic) bond motifs is 5. The zero-order valence-electron chi connectivity index (χ0n) is 14.9. The maximum atomic E-state index is 4.47. The quantitative estimate of drug-likeness (QED) is 0.296. The van der Waals surface area contributed by atoms with Gasteiger partial charge in [0.2, 0.25) is 0 Å². The van der Waals surface area contributed by atoms with Crippen molar-refractivity contribution in [3.8, 4) is 0 Å². The largest absolute Gasteiger partial charge is 0.179 e. The van der Waals surface area contributed by atoms with Crippen molar-refractivity contribution in [3.05, 3.63) is 11.6 Å². The lowest BCUT2D eigenvalue weighted by Gasteiger charge is -2.63. The maximum Gasteiger partial charge on any atom is 0.0379 e. The van der Waals surface area contributed by atoms with E-state index < -0.39 is 0 Å². The van der Waals surface area contributed by atoms with E-state index in [1.807, 2.05) is 0 Å². The molecule has 3 saturated carbocycles. The molecule has 130 valence electrons. The molecule has 0 aromatic rings. The van der Waals surface area contributed by atoms with E-state index >= 15 is 0 Å². The van der Waals surface area contributed by atoms with Gasteiger partial charge in [0.15, 0.2) is 0 Å². The second kappa shape index (κ2) is 5.79. The van der Waals surface area contributed by atoms with Crippen LogP contribution >= 0.6 is 28.6 Å². The number of halogens is 1. The summed E-state index contributed by atoms with van der Waals surface area (Å²) in [6.07, 6.45) is 16.8. The minimum absolute atomic E-state index is 0.379. The number of allylic oxidation sites excluding steroid dienone is 2. The van der Waals surface area contributed by atoms with Crippen LogP contribution in [0.25, 0.3) is 0 Å². The topological polar surface area (TPSA) is 0 Å². The molecular weight excluding hydrogens is 364 g/mol. The van der Waals surface area contributed by atoms with Crippen LogP contribution < -0.4 is 0 Å². The Bertz CT molecular complexity index is 514. The van der Waals surface area contributed by atoms with Gasteiger partial charge >= 0.3 is 0 Å². The number of rotatable bonds is 2. The van der Waals surface area contributed by atoms with Crippen molar-refractivity contribution in [3.63, 3.8) is 0 Å². The number of hydrogen-bond donors (Lipinski definition) is 1. The smallest absolute Gasteiger partial charge is 0.0379 e. The monoisotopic (exact) mass is 396 g/mol. The molecule has 0 aromatic carbocycles. The van der Waals surface area contributed by atoms with E-state index in [0.29, 0.717) is 15.2 Å². The highest BCUT2D eigenvalue weighted by Gasteiger charge is 2.63. The van der Waals surface area contributed by atoms with E-state index in [2.05, 4.69) is 48.5 Å². The predicted molar refractivity (Wildman–Crippen MR) is 106 cm³/mol. The molecule has 4 aliphatic carbocycles. The molecule has 0 amide bonds. The molecule has 2 unspecified atom stereocenters. The molecule has 0 nitrogen and oxygen atoms in total. The van der Waals surface area contributed by atoms with Gasteiger partial charge in [-0.15, -0.1) is 0 Å². The maximum absolute atomic E-state index is 4.47. The molecule has 6 atom stereocenters. The van der Waals surface area contributed by atoms with Crippen molar-refractivity contribution in [2.75, 3.05) is 5.75 Å². The third-order valence-corrected chi connectivity index (χ3v) is 10.7. The molecule has 0 N–H and O–H groups in total. The van der Waals surface area contributed by atoms with Crippen LogP contribution in [0.5, 0.6) is 0 Å². The van der Waals surface area contributed by atoms with Gasteiger partial charge in [-0.2, -0.15) is 12.6 Å². The molecule has 0 bridgehead atoms. The van der Waals surface area contributed by atoms with E-state index in [-0.39, 0.29) is 0 Å². The van der Waals surface area contributed by atoms with Gasteiger partial charge in [-0.25, -0.2) is 0 Å². The highest BCUT2D eigenvalue weighted by Crippen LogP contribution is 2.70. The molecule has 4 aliphatic rings. The van der Waals surface area contributed by atoms with Crippen molar-refractivity contribution in [2.24, 2.45) is 28.6 Å². The van der Waals surface area contributed by atoms with Gasteiger partial charge in [-0.3, -0.25) is 0 Å². The SMILES string of the molecule is C[C@@]12CCC[C@H]1[C@@H]1CCC3=CC(CCS)CC[C@]3(C)C1(Br)CC2. The fourth-order valence-electron chi connectivity index (χ4n) is 7.07. The molecule has 0 aliphatic heterocycles. The van der Waals surface area contributed by atoms with E-state index in [9.17, 15) is 0 Å². The second-order valence-corrected chi connectivity index (χ2v) is 11.4. The van der Waals surface area contributed by atoms with Crippen molar-refractivity contribution >= 4 is 28.6 Å². The highest BCUT2D eigenvalue weighted by molar-refractivity contribution is 9.10. The summed E-state index contributed by atoms with van der Waals surface area (Å²) in [7, 11) is 0. The molecule has 3 fully saturated rings. The standard InChI is InChI=1S/C21H33BrS/c1-19-9-3-4-17(19)18-6-5-16-14-15(8-13-23)7-10-20(16,2)21(18,22)12-11-19/h14-15,17-18,23H,3-13H2,1-2H3/t15?,17-,18-,19-,20-,21?/m0/s1. The Labute approximate surface area is 156 Å². The third kappa shape index (κ3) is 2.36. The predicted octanol–water partition coefficient (Wildman–Crippen LogP) is 6.79. The highest BCUT2D eigenvalue weighted by atomic mass is 79.9. The molecule has 0 aromatic heterocycles. The first kappa shape index (κ1) is 17.0. The summed E-state index contributed by atoms with van der Waals surface area (Å²) in [6.45, 7) is 5.21. The minimum atomic E-state index is 0.379. The third-order valence-electron chi connectivity index (χ3n) is 8.59. The lowest BCUT2D eigenvalue weighted by molar-refractivity contribution is -0.0110. The molecule has 0 saturated heterocycles. The van der Waals surface area contributed by atoms with Gasteiger partial charge in [0.25, 0.3) is 0 Å². The van der Waals surface area contributed by atoms with Crippen molar-refractivity contribution in [1.29, 1.82) is 0 Å². The molecule has 0 heterocycles. The Morgan fingerprint density at radius 1 is 1.09 bits per heavy atom. The van der Waals surface area contributed by atoms with Gasteiger partial charge in [0.1, 0.15) is 0 Å². The van der Waals surface area contributed by atoms with E-state index in [4.69, 9.17) is 0 Å². The van der Waals surface area contributed by atoms with E-state index in [1.54, 1.807) is 5.57 Å². The lowest BCUT2D eigenvalue weighted by Crippen LogP contribution is -2.59. The molecule has 2 heteroatoms. The van der Waals surface area contributed by atoms with Gasteiger partial charge < -0.3 is 0 Å². The van der Waals surface area contributed by atoms with Crippen LogP contribution in [0.1, 0.15) is 78.1 Å². The van der Waals surface area contributed by atoms with Crippen LogP contribution in [-0.4, -0.2) is 10.1 Å². The Morgan fingerprint density at radius 2 is 1.91 bits per heavy atom. The molecular formula is C21H33BrS. The van der Waals surface area contributed by atoms with Crippen molar-refractivity contribution in [1.82, 2.24) is 0 Å². The zero-order chi connectivity index (χ0) is 16.3. The van der Waals surface area contributed by atoms with Gasteiger partial charge in [0.05, 0.1) is 0 Å². The summed E-state index contributed by atoms with van der Waals surface area (Å²) in [4.78, 5) is 0. The zero-order valence-corrected chi connectivity index (χ0v) is 17.4. The van der Waals surface area contributed by atoms with Crippen LogP contribution in [0, 0.1) is 28.6 Å². The number of hydrogen-bond acceptors (Lipinski definition) is 1. The summed E-state index contributed by atoms with van der Waals surface area (Å²) >= 11 is 8.91. The van der Waals surface area contributed by atoms with Crippen LogP contribution in [0.15, 0.2) is 11.6 Å². The number of thiol groups is 1. The first-order valence-electron chi connectivity index (χ1n) is 9.94. The van der Waals surface area contributed by atoms with Crippen molar-refractivity contribution in [2.45, 2.75) is 82.4 Å². The van der Waals surface area contributed by atoms with Gasteiger partial charge in [-0.1, -0.05) is 47.8 Å². The normalized spacial score (nSPS) is 52.3. The first-order chi connectivity index (χ1) is 10.9. The Morgan fingerprint density at radius 3 is 2.70 bits per heavy atom. The Hall–Kier alpha value is 0.570. The van der Waals surface area contributed by atoms with Gasteiger partial charge in [0, 0.05) is 9.74 Å². The van der Waals surface area contributed by atoms with Crippen LogP contribution in [0.3, 0.4) is 0 Å². The molecule has 4 rings (SSSR count). The second-order valence-electron chi connectivity index (χ2n) is 9.50. The molecule has 0 spiro atoms. The summed E-state index contributed by atoms with van der Waals surface area (Å²) in [5.41, 5.74) is 2.86. The summed E-state index contributed by atoms with van der Waals surface area (Å²) in [6, 6.07) is 0. The van der Waals surface area contributed by atoms with Crippen LogP contribution in [0.4, 0.5) is 0 Å². The molecule has 23 heavy (non-hydrogen) atoms. The fraction of sp³-hybridized carbons (Fsp3) is 0.905. The van der Waals surface area contributed by atoms with Crippen LogP contribution in [-0.2, 0) is 0 Å². The Kier molecular flexibility index (Phi) is 4.28. The first-order valence-corrected chi connectivity index (χ1v) is 11.4. The summed E-state index contributed by atoms with van der Waals surface area (Å²) in [5, 5.41) is 0. The lowest BCUT2D eigenvalue weighted by atomic mass is 9.47. The van der Waals surface area contributed by atoms with Crippen molar-refractivity contribution < 1.29 is 0 Å². The minimum Gasteiger partial charge on any atom is -0.179 e. The van der Waals surface area contributed by atoms with Crippen LogP contribution in [0.2, 0.25) is 0 Å².